The Balaban J connectivity index is 1.35. The van der Waals surface area contributed by atoms with Crippen molar-refractivity contribution in [3.8, 4) is 23.0 Å². The largest absolute Gasteiger partial charge is 0.530 e. The van der Waals surface area contributed by atoms with Gasteiger partial charge in [0.05, 0.1) is 0 Å². The molecule has 64 heavy (non-hydrogen) atoms. The number of rotatable bonds is 5. The molecule has 0 radical (unpaired) electrons. The molecule has 3 aliphatic heterocycles. The van der Waals surface area contributed by atoms with Crippen LogP contribution in [0.4, 0.5) is 0 Å². The molecule has 5 nitrogen and oxygen atoms in total. The smallest absolute Gasteiger partial charge is 0.485 e. The van der Waals surface area contributed by atoms with Crippen LogP contribution in [0.3, 0.4) is 0 Å². The van der Waals surface area contributed by atoms with Gasteiger partial charge in [0, 0.05) is 36.3 Å². The Bertz CT molecular complexity index is 2650. The van der Waals surface area contributed by atoms with Gasteiger partial charge in [0.2, 0.25) is 0 Å². The van der Waals surface area contributed by atoms with Gasteiger partial charge in [0.1, 0.15) is 29.3 Å². The van der Waals surface area contributed by atoms with Gasteiger partial charge in [-0.05, 0) is 88.4 Å². The minimum absolute atomic E-state index is 0.00976. The van der Waals surface area contributed by atoms with Crippen molar-refractivity contribution in [3.05, 3.63) is 176 Å². The van der Waals surface area contributed by atoms with E-state index in [9.17, 15) is 0 Å². The van der Waals surface area contributed by atoms with E-state index in [1.165, 1.54) is 22.3 Å². The number of ether oxygens (including phenoxy) is 1. The SMILES string of the molecule is CC(C)(C)c1cc2c(OCP(=O)(c3ccccc3)c3ccccc3)c(c1)Cc1cc(C(C)(C)C)cc3c1OP1Oc4c(cc(C(C)(C)C)cc4Cc4cc(C(C)(C)C)cc(c4O1)C3)C2. The molecule has 0 spiro atoms. The highest BCUT2D eigenvalue weighted by Crippen LogP contribution is 2.55. The van der Waals surface area contributed by atoms with E-state index in [2.05, 4.69) is 132 Å². The van der Waals surface area contributed by atoms with E-state index in [-0.39, 0.29) is 28.0 Å². The van der Waals surface area contributed by atoms with Crippen molar-refractivity contribution in [2.45, 2.75) is 130 Å². The summed E-state index contributed by atoms with van der Waals surface area (Å²) >= 11 is 0. The van der Waals surface area contributed by atoms with Gasteiger partial charge in [-0.2, -0.15) is 0 Å². The van der Waals surface area contributed by atoms with E-state index in [1.54, 1.807) is 0 Å². The third-order valence-corrected chi connectivity index (χ3v) is 16.9. The predicted molar refractivity (Wildman–Crippen MR) is 266 cm³/mol. The molecule has 0 fully saturated rings. The molecule has 0 aliphatic carbocycles. The molecule has 0 amide bonds. The molecular formula is C57H64O5P2. The summed E-state index contributed by atoms with van der Waals surface area (Å²) in [4.78, 5) is 0. The zero-order chi connectivity index (χ0) is 45.6. The summed E-state index contributed by atoms with van der Waals surface area (Å²) < 4.78 is 44.4. The summed E-state index contributed by atoms with van der Waals surface area (Å²) in [6, 6.07) is 38.4. The van der Waals surface area contributed by atoms with Crippen molar-refractivity contribution >= 4 is 26.4 Å². The predicted octanol–water partition coefficient (Wildman–Crippen LogP) is 14.3. The topological polar surface area (TPSA) is 54.0 Å². The first-order valence-electron chi connectivity index (χ1n) is 22.9. The number of hydrogen-bond donors (Lipinski definition) is 0. The van der Waals surface area contributed by atoms with Crippen LogP contribution in [-0.4, -0.2) is 6.35 Å². The standard InChI is InChI=1S/C57H64O5P2/c1-54(2,3)44-27-36-23-38-29-45(55(4,5)6)31-40-25-42-33-47(57(10,11)12)34-43-26-41-32-46(56(7,8)9)30-39(52(41)61-63(60-51(38)40)62-53(42)43)24-37(28-44)50(36)59-35-64(58,48-19-15-13-16-20-48)49-21-17-14-18-22-49/h13-22,27-34H,23-26,35H2,1-12H3. The van der Waals surface area contributed by atoms with Crippen LogP contribution in [0.2, 0.25) is 0 Å². The van der Waals surface area contributed by atoms with Crippen LogP contribution in [0.25, 0.3) is 0 Å². The van der Waals surface area contributed by atoms with Gasteiger partial charge >= 0.3 is 8.60 Å². The Morgan fingerprint density at radius 2 is 0.703 bits per heavy atom. The lowest BCUT2D eigenvalue weighted by atomic mass is 9.79. The number of benzene rings is 6. The fraction of sp³-hybridized carbons (Fsp3) is 0.368. The Labute approximate surface area is 383 Å². The van der Waals surface area contributed by atoms with E-state index >= 15 is 4.57 Å². The third-order valence-electron chi connectivity index (χ3n) is 13.2. The lowest BCUT2D eigenvalue weighted by Crippen LogP contribution is -2.22. The second-order valence-electron chi connectivity index (χ2n) is 22.4. The van der Waals surface area contributed by atoms with Crippen LogP contribution in [-0.2, 0) is 51.9 Å². The van der Waals surface area contributed by atoms with Crippen molar-refractivity contribution in [1.82, 2.24) is 0 Å². The Kier molecular flexibility index (Phi) is 11.1. The molecule has 9 rings (SSSR count). The first kappa shape index (κ1) is 44.4. The molecule has 3 aliphatic rings. The molecule has 0 N–H and O–H groups in total. The van der Waals surface area contributed by atoms with Gasteiger partial charge in [0.15, 0.2) is 7.14 Å². The van der Waals surface area contributed by atoms with Crippen LogP contribution in [0.1, 0.15) is 150 Å². The zero-order valence-electron chi connectivity index (χ0n) is 39.9. The van der Waals surface area contributed by atoms with Crippen molar-refractivity contribution < 1.29 is 22.9 Å². The first-order valence-corrected chi connectivity index (χ1v) is 25.9. The molecule has 6 aromatic carbocycles. The van der Waals surface area contributed by atoms with Gasteiger partial charge in [-0.15, -0.1) is 0 Å². The molecule has 6 aromatic rings. The molecule has 0 atom stereocenters. The van der Waals surface area contributed by atoms with Crippen LogP contribution < -0.4 is 28.9 Å². The highest BCUT2D eigenvalue weighted by molar-refractivity contribution is 7.78. The van der Waals surface area contributed by atoms with E-state index in [0.717, 1.165) is 78.1 Å². The van der Waals surface area contributed by atoms with Crippen molar-refractivity contribution in [1.29, 1.82) is 0 Å². The molecule has 0 aromatic heterocycles. The van der Waals surface area contributed by atoms with Gasteiger partial charge < -0.3 is 22.9 Å². The summed E-state index contributed by atoms with van der Waals surface area (Å²) in [5, 5.41) is 1.55. The molecule has 0 saturated carbocycles. The summed E-state index contributed by atoms with van der Waals surface area (Å²) in [5.74, 6) is 3.25. The quantitative estimate of drug-likeness (QED) is 0.161. The lowest BCUT2D eigenvalue weighted by molar-refractivity contribution is 0.366. The van der Waals surface area contributed by atoms with E-state index < -0.39 is 15.7 Å². The lowest BCUT2D eigenvalue weighted by Gasteiger charge is -2.34. The fourth-order valence-corrected chi connectivity index (χ4v) is 12.7. The zero-order valence-corrected chi connectivity index (χ0v) is 41.7. The van der Waals surface area contributed by atoms with E-state index in [1.807, 2.05) is 60.7 Å². The molecule has 0 unspecified atom stereocenters. The summed E-state index contributed by atoms with van der Waals surface area (Å²) in [6.07, 6.45) is 2.37. The van der Waals surface area contributed by atoms with E-state index in [0.29, 0.717) is 25.7 Å². The Morgan fingerprint density at radius 3 is 0.984 bits per heavy atom. The second kappa shape index (κ2) is 16.0. The van der Waals surface area contributed by atoms with E-state index in [4.69, 9.17) is 18.3 Å². The van der Waals surface area contributed by atoms with Gasteiger partial charge in [-0.1, -0.05) is 192 Å². The number of fused-ring (bicyclic) bond motifs is 2. The fourth-order valence-electron chi connectivity index (χ4n) is 9.23. The van der Waals surface area contributed by atoms with Crippen LogP contribution in [0, 0.1) is 0 Å². The first-order chi connectivity index (χ1) is 30.0. The molecule has 6 bridgehead atoms. The average molecular weight is 891 g/mol. The average Bonchev–Trinajstić information content (AvgIpc) is 3.20. The number of hydrogen-bond acceptors (Lipinski definition) is 5. The van der Waals surface area contributed by atoms with Crippen LogP contribution in [0.5, 0.6) is 23.0 Å². The third kappa shape index (κ3) is 8.56. The summed E-state index contributed by atoms with van der Waals surface area (Å²) in [5.41, 5.74) is 13.2. The van der Waals surface area contributed by atoms with Gasteiger partial charge in [0.25, 0.3) is 0 Å². The summed E-state index contributed by atoms with van der Waals surface area (Å²) in [6.45, 7) is 27.4. The molecule has 0 saturated heterocycles. The Morgan fingerprint density at radius 1 is 0.438 bits per heavy atom. The van der Waals surface area contributed by atoms with Gasteiger partial charge in [-0.3, -0.25) is 0 Å². The molecular weight excluding hydrogens is 827 g/mol. The van der Waals surface area contributed by atoms with Crippen molar-refractivity contribution in [3.63, 3.8) is 0 Å². The summed E-state index contributed by atoms with van der Waals surface area (Å²) in [7, 11) is -5.19. The molecule has 7 heteroatoms. The monoisotopic (exact) mass is 890 g/mol. The Hall–Kier alpha value is -4.82. The maximum Gasteiger partial charge on any atom is 0.530 e. The van der Waals surface area contributed by atoms with Crippen LogP contribution >= 0.6 is 15.7 Å². The van der Waals surface area contributed by atoms with Crippen LogP contribution in [0.15, 0.2) is 109 Å². The highest BCUT2D eigenvalue weighted by atomic mass is 31.2. The van der Waals surface area contributed by atoms with Gasteiger partial charge in [-0.25, -0.2) is 0 Å². The second-order valence-corrected chi connectivity index (χ2v) is 26.1. The highest BCUT2D eigenvalue weighted by Gasteiger charge is 2.37. The minimum atomic E-state index is -3.27. The minimum Gasteiger partial charge on any atom is -0.485 e. The van der Waals surface area contributed by atoms with Crippen molar-refractivity contribution in [2.75, 3.05) is 6.35 Å². The molecule has 332 valence electrons. The van der Waals surface area contributed by atoms with Crippen molar-refractivity contribution in [2.24, 2.45) is 0 Å². The maximum absolute atomic E-state index is 15.7. The molecule has 3 heterocycles. The normalized spacial score (nSPS) is 15.1. The maximum atomic E-state index is 15.7.